The molecule has 4 nitrogen and oxygen atoms in total. The summed E-state index contributed by atoms with van der Waals surface area (Å²) in [5.74, 6) is 0.0892. The van der Waals surface area contributed by atoms with Crippen molar-refractivity contribution in [3.63, 3.8) is 0 Å². The van der Waals surface area contributed by atoms with E-state index in [1.165, 1.54) is 0 Å². The molecule has 0 aliphatic rings. The lowest BCUT2D eigenvalue weighted by Crippen LogP contribution is -2.28. The summed E-state index contributed by atoms with van der Waals surface area (Å²) >= 11 is 0. The fourth-order valence-electron chi connectivity index (χ4n) is 1.51. The number of benzene rings is 1. The third-order valence-electron chi connectivity index (χ3n) is 2.60. The predicted octanol–water partition coefficient (Wildman–Crippen LogP) is 1.47. The molecule has 0 saturated carbocycles. The Morgan fingerprint density at radius 3 is 2.53 bits per heavy atom. The number of anilines is 1. The summed E-state index contributed by atoms with van der Waals surface area (Å²) in [7, 11) is 5.37. The fourth-order valence-corrected chi connectivity index (χ4v) is 1.51. The van der Waals surface area contributed by atoms with Crippen LogP contribution in [0.15, 0.2) is 24.3 Å². The molecule has 0 aliphatic heterocycles. The van der Waals surface area contributed by atoms with Crippen molar-refractivity contribution < 1.29 is 4.79 Å². The van der Waals surface area contributed by atoms with E-state index in [2.05, 4.69) is 6.07 Å². The molecule has 0 bridgehead atoms. The summed E-state index contributed by atoms with van der Waals surface area (Å²) < 4.78 is 0. The van der Waals surface area contributed by atoms with Crippen LogP contribution in [0, 0.1) is 11.3 Å². The second-order valence-electron chi connectivity index (χ2n) is 4.09. The summed E-state index contributed by atoms with van der Waals surface area (Å²) in [5.41, 5.74) is 1.49. The van der Waals surface area contributed by atoms with Crippen LogP contribution in [0.3, 0.4) is 0 Å². The molecule has 1 amide bonds. The van der Waals surface area contributed by atoms with Crippen molar-refractivity contribution >= 4 is 11.6 Å². The van der Waals surface area contributed by atoms with Gasteiger partial charge in [0.25, 0.3) is 0 Å². The molecule has 17 heavy (non-hydrogen) atoms. The highest BCUT2D eigenvalue weighted by Crippen LogP contribution is 2.18. The van der Waals surface area contributed by atoms with E-state index in [1.807, 2.05) is 30.1 Å². The molecule has 0 fully saturated rings. The Kier molecular flexibility index (Phi) is 4.53. The number of hydrogen-bond donors (Lipinski definition) is 0. The van der Waals surface area contributed by atoms with Gasteiger partial charge in [0, 0.05) is 34.1 Å². The first kappa shape index (κ1) is 13.0. The summed E-state index contributed by atoms with van der Waals surface area (Å²) in [4.78, 5) is 15.0. The molecule has 0 aliphatic carbocycles. The Balaban J connectivity index is 2.68. The Morgan fingerprint density at radius 1 is 1.29 bits per heavy atom. The Labute approximate surface area is 102 Å². The minimum atomic E-state index is 0.0892. The van der Waals surface area contributed by atoms with Gasteiger partial charge in [-0.2, -0.15) is 5.26 Å². The summed E-state index contributed by atoms with van der Waals surface area (Å²) in [6.45, 7) is 0.607. The van der Waals surface area contributed by atoms with Gasteiger partial charge in [0.1, 0.15) is 6.07 Å². The van der Waals surface area contributed by atoms with E-state index in [4.69, 9.17) is 5.26 Å². The van der Waals surface area contributed by atoms with Crippen LogP contribution in [0.5, 0.6) is 0 Å². The molecule has 0 aromatic heterocycles. The summed E-state index contributed by atoms with van der Waals surface area (Å²) in [6, 6.07) is 9.54. The lowest BCUT2D eigenvalue weighted by atomic mass is 10.2. The molecule has 0 saturated heterocycles. The second-order valence-corrected chi connectivity index (χ2v) is 4.09. The van der Waals surface area contributed by atoms with Crippen LogP contribution < -0.4 is 4.90 Å². The zero-order chi connectivity index (χ0) is 12.8. The molecule has 90 valence electrons. The van der Waals surface area contributed by atoms with Crippen LogP contribution in [0.25, 0.3) is 0 Å². The minimum Gasteiger partial charge on any atom is -0.373 e. The first-order valence-corrected chi connectivity index (χ1v) is 5.46. The van der Waals surface area contributed by atoms with E-state index < -0.39 is 0 Å². The first-order chi connectivity index (χ1) is 8.06. The maximum atomic E-state index is 11.5. The summed E-state index contributed by atoms with van der Waals surface area (Å²) in [5, 5.41) is 8.98. The van der Waals surface area contributed by atoms with Crippen molar-refractivity contribution in [3.8, 4) is 6.07 Å². The van der Waals surface area contributed by atoms with Gasteiger partial charge in [-0.15, -0.1) is 0 Å². The quantitative estimate of drug-likeness (QED) is 0.788. The fraction of sp³-hybridized carbons (Fsp3) is 0.385. The van der Waals surface area contributed by atoms with Gasteiger partial charge in [-0.3, -0.25) is 4.79 Å². The van der Waals surface area contributed by atoms with Gasteiger partial charge in [0.15, 0.2) is 0 Å². The number of nitriles is 1. The standard InChI is InChI=1S/C13H17N3O/c1-15(2)13(17)8-9-16(3)12-7-5-4-6-11(12)10-14/h4-7H,8-9H2,1-3H3. The van der Waals surface area contributed by atoms with E-state index in [9.17, 15) is 4.79 Å². The number of carbonyl (C=O) groups is 1. The number of carbonyl (C=O) groups excluding carboxylic acids is 1. The zero-order valence-corrected chi connectivity index (χ0v) is 10.5. The smallest absolute Gasteiger partial charge is 0.223 e. The molecule has 0 unspecified atom stereocenters. The number of amides is 1. The third-order valence-corrected chi connectivity index (χ3v) is 2.60. The third kappa shape index (κ3) is 3.49. The molecule has 0 radical (unpaired) electrons. The SMILES string of the molecule is CN(C)C(=O)CCN(C)c1ccccc1C#N. The van der Waals surface area contributed by atoms with Crippen molar-refractivity contribution in [2.45, 2.75) is 6.42 Å². The predicted molar refractivity (Wildman–Crippen MR) is 67.7 cm³/mol. The highest BCUT2D eigenvalue weighted by molar-refractivity contribution is 5.76. The average molecular weight is 231 g/mol. The molecule has 0 atom stereocenters. The normalized spacial score (nSPS) is 9.53. The van der Waals surface area contributed by atoms with Gasteiger partial charge in [0.05, 0.1) is 11.3 Å². The van der Waals surface area contributed by atoms with Crippen LogP contribution in [0.4, 0.5) is 5.69 Å². The van der Waals surface area contributed by atoms with E-state index in [0.29, 0.717) is 18.5 Å². The lowest BCUT2D eigenvalue weighted by Gasteiger charge is -2.21. The lowest BCUT2D eigenvalue weighted by molar-refractivity contribution is -0.128. The van der Waals surface area contributed by atoms with Crippen molar-refractivity contribution in [3.05, 3.63) is 29.8 Å². The molecule has 1 rings (SSSR count). The molecular formula is C13H17N3O. The van der Waals surface area contributed by atoms with E-state index >= 15 is 0 Å². The molecular weight excluding hydrogens is 214 g/mol. The minimum absolute atomic E-state index is 0.0892. The number of hydrogen-bond acceptors (Lipinski definition) is 3. The van der Waals surface area contributed by atoms with E-state index in [-0.39, 0.29) is 5.91 Å². The van der Waals surface area contributed by atoms with Crippen LogP contribution in [-0.4, -0.2) is 38.5 Å². The van der Waals surface area contributed by atoms with Gasteiger partial charge >= 0.3 is 0 Å². The van der Waals surface area contributed by atoms with Gasteiger partial charge < -0.3 is 9.80 Å². The average Bonchev–Trinajstić information content (AvgIpc) is 2.35. The second kappa shape index (κ2) is 5.90. The Hall–Kier alpha value is -2.02. The first-order valence-electron chi connectivity index (χ1n) is 5.46. The summed E-state index contributed by atoms with van der Waals surface area (Å²) in [6.07, 6.45) is 0.448. The highest BCUT2D eigenvalue weighted by atomic mass is 16.2. The number of para-hydroxylation sites is 1. The van der Waals surface area contributed by atoms with Crippen molar-refractivity contribution in [2.24, 2.45) is 0 Å². The Morgan fingerprint density at radius 2 is 1.94 bits per heavy atom. The van der Waals surface area contributed by atoms with Crippen LogP contribution in [0.1, 0.15) is 12.0 Å². The van der Waals surface area contributed by atoms with Gasteiger partial charge in [-0.05, 0) is 12.1 Å². The molecule has 1 aromatic carbocycles. The van der Waals surface area contributed by atoms with Crippen LogP contribution >= 0.6 is 0 Å². The van der Waals surface area contributed by atoms with Crippen molar-refractivity contribution in [2.75, 3.05) is 32.6 Å². The molecule has 4 heteroatoms. The monoisotopic (exact) mass is 231 g/mol. The number of nitrogens with zero attached hydrogens (tertiary/aromatic N) is 3. The Bertz CT molecular complexity index is 435. The van der Waals surface area contributed by atoms with Gasteiger partial charge in [-0.25, -0.2) is 0 Å². The van der Waals surface area contributed by atoms with Gasteiger partial charge in [0.2, 0.25) is 5.91 Å². The molecule has 0 N–H and O–H groups in total. The van der Waals surface area contributed by atoms with E-state index in [1.54, 1.807) is 25.1 Å². The largest absolute Gasteiger partial charge is 0.373 e. The van der Waals surface area contributed by atoms with Crippen LogP contribution in [0.2, 0.25) is 0 Å². The molecule has 1 aromatic rings. The number of rotatable bonds is 4. The van der Waals surface area contributed by atoms with Crippen molar-refractivity contribution in [1.82, 2.24) is 4.90 Å². The zero-order valence-electron chi connectivity index (χ0n) is 10.5. The maximum absolute atomic E-state index is 11.5. The van der Waals surface area contributed by atoms with Crippen molar-refractivity contribution in [1.29, 1.82) is 5.26 Å². The van der Waals surface area contributed by atoms with Crippen LogP contribution in [-0.2, 0) is 4.79 Å². The van der Waals surface area contributed by atoms with E-state index in [0.717, 1.165) is 5.69 Å². The van der Waals surface area contributed by atoms with Gasteiger partial charge in [-0.1, -0.05) is 12.1 Å². The topological polar surface area (TPSA) is 47.3 Å². The molecule has 0 spiro atoms. The highest BCUT2D eigenvalue weighted by Gasteiger charge is 2.09. The molecule has 0 heterocycles. The maximum Gasteiger partial charge on any atom is 0.223 e.